The Hall–Kier alpha value is -2.34. The van der Waals surface area contributed by atoms with Crippen LogP contribution < -0.4 is 9.62 Å². The normalized spacial score (nSPS) is 12.5. The van der Waals surface area contributed by atoms with E-state index in [-0.39, 0.29) is 16.8 Å². The molecule has 5 nitrogen and oxygen atoms in total. The van der Waals surface area contributed by atoms with Crippen LogP contribution in [0.25, 0.3) is 0 Å². The van der Waals surface area contributed by atoms with Crippen molar-refractivity contribution in [2.45, 2.75) is 31.2 Å². The van der Waals surface area contributed by atoms with Gasteiger partial charge in [-0.15, -0.1) is 0 Å². The molecule has 1 N–H and O–H groups in total. The summed E-state index contributed by atoms with van der Waals surface area (Å²) in [6, 6.07) is 14.9. The van der Waals surface area contributed by atoms with Crippen LogP contribution in [0, 0.1) is 0 Å². The fraction of sp³-hybridized carbons (Fsp3) is 0.278. The number of nitrogens with zero attached hydrogens (tertiary/aromatic N) is 1. The second-order valence-corrected chi connectivity index (χ2v) is 7.58. The van der Waals surface area contributed by atoms with Crippen molar-refractivity contribution in [2.75, 3.05) is 11.4 Å². The molecule has 0 unspecified atom stereocenters. The number of sulfonamides is 1. The van der Waals surface area contributed by atoms with Crippen LogP contribution in [0.5, 0.6) is 0 Å². The summed E-state index contributed by atoms with van der Waals surface area (Å²) in [7, 11) is -2.12. The van der Waals surface area contributed by atoms with E-state index in [9.17, 15) is 13.2 Å². The second-order valence-electron chi connectivity index (χ2n) is 5.62. The van der Waals surface area contributed by atoms with E-state index >= 15 is 0 Å². The van der Waals surface area contributed by atoms with Gasteiger partial charge in [0.15, 0.2) is 0 Å². The predicted octanol–water partition coefficient (Wildman–Crippen LogP) is 3.04. The van der Waals surface area contributed by atoms with Gasteiger partial charge in [-0.3, -0.25) is 9.10 Å². The molecule has 128 valence electrons. The monoisotopic (exact) mass is 346 g/mol. The van der Waals surface area contributed by atoms with Crippen LogP contribution in [0.1, 0.15) is 30.6 Å². The van der Waals surface area contributed by atoms with Crippen LogP contribution in [0.4, 0.5) is 5.69 Å². The quantitative estimate of drug-likeness (QED) is 0.874. The molecule has 0 heterocycles. The molecule has 2 aromatic rings. The molecular weight excluding hydrogens is 324 g/mol. The summed E-state index contributed by atoms with van der Waals surface area (Å²) in [6.07, 6.45) is 0.849. The number of carbonyl (C=O) groups excluding carboxylic acids is 1. The van der Waals surface area contributed by atoms with Crippen molar-refractivity contribution in [3.05, 3.63) is 60.2 Å². The lowest BCUT2D eigenvalue weighted by Gasteiger charge is -2.20. The first-order chi connectivity index (χ1) is 11.4. The van der Waals surface area contributed by atoms with Crippen molar-refractivity contribution < 1.29 is 13.2 Å². The maximum atomic E-state index is 12.6. The first-order valence-corrected chi connectivity index (χ1v) is 9.25. The average Bonchev–Trinajstić information content (AvgIpc) is 2.61. The lowest BCUT2D eigenvalue weighted by atomic mass is 10.1. The summed E-state index contributed by atoms with van der Waals surface area (Å²) < 4.78 is 26.4. The molecule has 2 rings (SSSR count). The zero-order valence-corrected chi connectivity index (χ0v) is 14.9. The minimum absolute atomic E-state index is 0.0957. The fourth-order valence-electron chi connectivity index (χ4n) is 2.12. The van der Waals surface area contributed by atoms with Gasteiger partial charge in [-0.05, 0) is 49.7 Å². The molecule has 1 amide bonds. The van der Waals surface area contributed by atoms with E-state index in [1.807, 2.05) is 13.8 Å². The van der Waals surface area contributed by atoms with Crippen LogP contribution in [-0.4, -0.2) is 27.4 Å². The number of anilines is 1. The summed E-state index contributed by atoms with van der Waals surface area (Å²) in [6.45, 7) is 3.93. The third-order valence-electron chi connectivity index (χ3n) is 3.88. The van der Waals surface area contributed by atoms with Gasteiger partial charge in [0.05, 0.1) is 10.6 Å². The van der Waals surface area contributed by atoms with Crippen molar-refractivity contribution >= 4 is 21.6 Å². The Morgan fingerprint density at radius 3 is 2.21 bits per heavy atom. The second kappa shape index (κ2) is 7.49. The topological polar surface area (TPSA) is 66.5 Å². The third-order valence-corrected chi connectivity index (χ3v) is 5.68. The van der Waals surface area contributed by atoms with Crippen molar-refractivity contribution in [3.8, 4) is 0 Å². The standard InChI is InChI=1S/C18H22N2O3S/c1-4-14(2)19-18(21)15-10-12-16(13-11-15)20(3)24(22,23)17-8-6-5-7-9-17/h5-14H,4H2,1-3H3,(H,19,21)/t14-/m0/s1. The summed E-state index contributed by atoms with van der Waals surface area (Å²) >= 11 is 0. The molecule has 0 spiro atoms. The van der Waals surface area contributed by atoms with Crippen molar-refractivity contribution in [3.63, 3.8) is 0 Å². The Bertz CT molecular complexity index is 787. The molecular formula is C18H22N2O3S. The van der Waals surface area contributed by atoms with Crippen molar-refractivity contribution in [1.29, 1.82) is 0 Å². The summed E-state index contributed by atoms with van der Waals surface area (Å²) in [5.74, 6) is -0.163. The summed E-state index contributed by atoms with van der Waals surface area (Å²) in [4.78, 5) is 12.3. The molecule has 24 heavy (non-hydrogen) atoms. The first kappa shape index (κ1) is 18.0. The van der Waals surface area contributed by atoms with E-state index in [1.54, 1.807) is 54.6 Å². The Morgan fingerprint density at radius 1 is 1.08 bits per heavy atom. The van der Waals surface area contributed by atoms with E-state index in [4.69, 9.17) is 0 Å². The van der Waals surface area contributed by atoms with Gasteiger partial charge in [-0.25, -0.2) is 8.42 Å². The Balaban J connectivity index is 2.20. The Morgan fingerprint density at radius 2 is 1.67 bits per heavy atom. The van der Waals surface area contributed by atoms with Crippen LogP contribution in [0.3, 0.4) is 0 Å². The number of benzene rings is 2. The maximum absolute atomic E-state index is 12.6. The first-order valence-electron chi connectivity index (χ1n) is 7.81. The molecule has 2 aromatic carbocycles. The molecule has 0 aliphatic heterocycles. The van der Waals surface area contributed by atoms with Crippen molar-refractivity contribution in [2.24, 2.45) is 0 Å². The van der Waals surface area contributed by atoms with Crippen molar-refractivity contribution in [1.82, 2.24) is 5.32 Å². The number of nitrogens with one attached hydrogen (secondary N) is 1. The van der Waals surface area contributed by atoms with Gasteiger partial charge in [-0.2, -0.15) is 0 Å². The number of amides is 1. The van der Waals surface area contributed by atoms with Gasteiger partial charge in [0.1, 0.15) is 0 Å². The molecule has 1 atom stereocenters. The third kappa shape index (κ3) is 3.94. The van der Waals surface area contributed by atoms with E-state index in [0.717, 1.165) is 6.42 Å². The molecule has 0 fully saturated rings. The largest absolute Gasteiger partial charge is 0.350 e. The van der Waals surface area contributed by atoms with Gasteiger partial charge in [0.2, 0.25) is 0 Å². The van der Waals surface area contributed by atoms with Gasteiger partial charge < -0.3 is 5.32 Å². The molecule has 0 aromatic heterocycles. The zero-order chi connectivity index (χ0) is 17.7. The van der Waals surface area contributed by atoms with Crippen LogP contribution >= 0.6 is 0 Å². The van der Waals surface area contributed by atoms with E-state index in [2.05, 4.69) is 5.32 Å². The van der Waals surface area contributed by atoms with Crippen LogP contribution in [0.2, 0.25) is 0 Å². The molecule has 0 saturated carbocycles. The predicted molar refractivity (Wildman–Crippen MR) is 95.7 cm³/mol. The summed E-state index contributed by atoms with van der Waals surface area (Å²) in [5.41, 5.74) is 1.00. The minimum Gasteiger partial charge on any atom is -0.350 e. The fourth-order valence-corrected chi connectivity index (χ4v) is 3.34. The Kier molecular flexibility index (Phi) is 5.62. The summed E-state index contributed by atoms with van der Waals surface area (Å²) in [5, 5.41) is 2.88. The average molecular weight is 346 g/mol. The maximum Gasteiger partial charge on any atom is 0.264 e. The lowest BCUT2D eigenvalue weighted by molar-refractivity contribution is 0.0939. The van der Waals surface area contributed by atoms with Crippen LogP contribution in [0.15, 0.2) is 59.5 Å². The number of rotatable bonds is 6. The lowest BCUT2D eigenvalue weighted by Crippen LogP contribution is -2.32. The zero-order valence-electron chi connectivity index (χ0n) is 14.1. The van der Waals surface area contributed by atoms with Gasteiger partial charge in [-0.1, -0.05) is 25.1 Å². The van der Waals surface area contributed by atoms with Crippen LogP contribution in [-0.2, 0) is 10.0 Å². The number of hydrogen-bond acceptors (Lipinski definition) is 3. The smallest absolute Gasteiger partial charge is 0.264 e. The molecule has 0 bridgehead atoms. The van der Waals surface area contributed by atoms with E-state index < -0.39 is 10.0 Å². The molecule has 0 saturated heterocycles. The number of carbonyl (C=O) groups is 1. The minimum atomic E-state index is -3.62. The highest BCUT2D eigenvalue weighted by Crippen LogP contribution is 2.22. The molecule has 0 radical (unpaired) electrons. The molecule has 0 aliphatic rings. The highest BCUT2D eigenvalue weighted by atomic mass is 32.2. The Labute approximate surface area is 143 Å². The SMILES string of the molecule is CC[C@H](C)NC(=O)c1ccc(N(C)S(=O)(=O)c2ccccc2)cc1. The van der Waals surface area contributed by atoms with Gasteiger partial charge in [0.25, 0.3) is 15.9 Å². The molecule has 0 aliphatic carbocycles. The van der Waals surface area contributed by atoms with Gasteiger partial charge in [0, 0.05) is 18.7 Å². The highest BCUT2D eigenvalue weighted by molar-refractivity contribution is 7.92. The highest BCUT2D eigenvalue weighted by Gasteiger charge is 2.21. The molecule has 6 heteroatoms. The van der Waals surface area contributed by atoms with Gasteiger partial charge >= 0.3 is 0 Å². The van der Waals surface area contributed by atoms with E-state index in [1.165, 1.54) is 11.4 Å². The number of hydrogen-bond donors (Lipinski definition) is 1. The van der Waals surface area contributed by atoms with E-state index in [0.29, 0.717) is 11.3 Å².